The number of methoxy groups -OCH3 is 1. The van der Waals surface area contributed by atoms with Crippen LogP contribution in [0.25, 0.3) is 16.8 Å². The van der Waals surface area contributed by atoms with Crippen molar-refractivity contribution in [3.8, 4) is 16.9 Å². The van der Waals surface area contributed by atoms with Crippen LogP contribution in [0.4, 0.5) is 26.1 Å². The molecule has 15 nitrogen and oxygen atoms in total. The molecule has 2 saturated heterocycles. The molecule has 1 N–H and O–H groups in total. The summed E-state index contributed by atoms with van der Waals surface area (Å²) in [5, 5.41) is 7.50. The second-order valence-electron chi connectivity index (χ2n) is 15.3. The first-order valence-electron chi connectivity index (χ1n) is 19.4. The molecule has 4 amide bonds. The van der Waals surface area contributed by atoms with E-state index in [1.54, 1.807) is 57.7 Å². The maximum atomic E-state index is 14.8. The maximum absolute atomic E-state index is 14.8. The zero-order valence-corrected chi connectivity index (χ0v) is 32.3. The van der Waals surface area contributed by atoms with Crippen LogP contribution >= 0.6 is 0 Å². The van der Waals surface area contributed by atoms with Crippen molar-refractivity contribution in [2.24, 2.45) is 0 Å². The minimum atomic E-state index is -2.81. The normalized spacial score (nSPS) is 18.6. The molecule has 0 bridgehead atoms. The summed E-state index contributed by atoms with van der Waals surface area (Å²) in [6, 6.07) is 8.27. The number of amides is 4. The zero-order chi connectivity index (χ0) is 40.4. The largest absolute Gasteiger partial charge is 0.495 e. The Morgan fingerprint density at radius 1 is 0.983 bits per heavy atom. The average Bonchev–Trinajstić information content (AvgIpc) is 3.94. The van der Waals surface area contributed by atoms with Crippen LogP contribution < -0.4 is 19.9 Å². The standard InChI is InChI=1S/C41H42F2N10O5/c1-23(54)50-14-10-32-31(21-50)39(48(2)35-18-29(38(42)43)30(19-45-35)28-17-36-44-11-15-51(36)22-34(28)58-3)47-53(32)25-8-12-49(13-9-25)26-4-5-27-24(16-26)20-52(41(27)57)33-6-7-37(55)46-40(33)56/h4-5,11,15-19,22,25,33,38H,6-10,12-14,20-21H2,1-3H3,(H,46,55,56). The summed E-state index contributed by atoms with van der Waals surface area (Å²) < 4.78 is 39.1. The first-order valence-corrected chi connectivity index (χ1v) is 19.4. The number of imide groups is 1. The molecule has 1 unspecified atom stereocenters. The predicted octanol–water partition coefficient (Wildman–Crippen LogP) is 4.81. The number of carbonyl (C=O) groups is 4. The number of ether oxygens (including phenoxy) is 1. The number of benzene rings is 1. The molecule has 58 heavy (non-hydrogen) atoms. The van der Waals surface area contributed by atoms with Crippen molar-refractivity contribution >= 4 is 46.6 Å². The van der Waals surface area contributed by atoms with Gasteiger partial charge in [-0.15, -0.1) is 0 Å². The fourth-order valence-electron chi connectivity index (χ4n) is 8.87. The van der Waals surface area contributed by atoms with Crippen LogP contribution in [0.1, 0.15) is 77.8 Å². The third kappa shape index (κ3) is 6.37. The van der Waals surface area contributed by atoms with Crippen molar-refractivity contribution in [2.45, 2.75) is 70.6 Å². The van der Waals surface area contributed by atoms with Crippen LogP contribution in [-0.4, -0.2) is 97.4 Å². The Morgan fingerprint density at radius 3 is 2.53 bits per heavy atom. The lowest BCUT2D eigenvalue weighted by atomic mass is 10.0. The van der Waals surface area contributed by atoms with Crippen molar-refractivity contribution in [2.75, 3.05) is 43.6 Å². The van der Waals surface area contributed by atoms with E-state index >= 15 is 0 Å². The molecule has 4 aliphatic rings. The van der Waals surface area contributed by atoms with Gasteiger partial charge in [0.05, 0.1) is 25.9 Å². The predicted molar refractivity (Wildman–Crippen MR) is 208 cm³/mol. The van der Waals surface area contributed by atoms with Crippen LogP contribution in [0.15, 0.2) is 55.1 Å². The van der Waals surface area contributed by atoms with E-state index in [0.29, 0.717) is 60.8 Å². The van der Waals surface area contributed by atoms with Gasteiger partial charge in [-0.05, 0) is 55.2 Å². The number of carbonyl (C=O) groups excluding carboxylic acids is 4. The first kappa shape index (κ1) is 37.2. The molecule has 1 atom stereocenters. The molecule has 1 aromatic carbocycles. The average molecular weight is 793 g/mol. The van der Waals surface area contributed by atoms with E-state index in [-0.39, 0.29) is 47.1 Å². The number of aromatic nitrogens is 5. The smallest absolute Gasteiger partial charge is 0.264 e. The van der Waals surface area contributed by atoms with Crippen molar-refractivity contribution in [1.82, 2.24) is 39.3 Å². The van der Waals surface area contributed by atoms with E-state index in [1.807, 2.05) is 18.2 Å². The molecule has 4 aliphatic heterocycles. The van der Waals surface area contributed by atoms with Gasteiger partial charge in [-0.2, -0.15) is 5.10 Å². The summed E-state index contributed by atoms with van der Waals surface area (Å²) in [5.74, 6) is 0.241. The zero-order valence-electron chi connectivity index (χ0n) is 32.3. The van der Waals surface area contributed by atoms with E-state index < -0.39 is 18.4 Å². The number of piperidine rings is 2. The Bertz CT molecular complexity index is 2490. The number of fused-ring (bicyclic) bond motifs is 3. The number of halogens is 2. The van der Waals surface area contributed by atoms with Gasteiger partial charge in [-0.25, -0.2) is 18.7 Å². The quantitative estimate of drug-likeness (QED) is 0.217. The van der Waals surface area contributed by atoms with Gasteiger partial charge in [0.25, 0.3) is 12.3 Å². The topological polar surface area (TPSA) is 151 Å². The van der Waals surface area contributed by atoms with E-state index in [4.69, 9.17) is 9.84 Å². The number of hydrogen-bond acceptors (Lipinski definition) is 10. The number of nitrogens with one attached hydrogen (secondary N) is 1. The fraction of sp³-hybridized carbons (Fsp3) is 0.390. The van der Waals surface area contributed by atoms with Gasteiger partial charge in [0.15, 0.2) is 5.82 Å². The maximum Gasteiger partial charge on any atom is 0.264 e. The van der Waals surface area contributed by atoms with Gasteiger partial charge in [-0.3, -0.25) is 29.2 Å². The number of imidazole rings is 1. The molecule has 8 heterocycles. The number of alkyl halides is 2. The van der Waals surface area contributed by atoms with E-state index in [2.05, 4.69) is 24.9 Å². The van der Waals surface area contributed by atoms with Crippen LogP contribution in [0.3, 0.4) is 0 Å². The van der Waals surface area contributed by atoms with Crippen LogP contribution in [0.2, 0.25) is 0 Å². The minimum Gasteiger partial charge on any atom is -0.495 e. The molecule has 5 aromatic rings. The molecule has 2 fully saturated rings. The number of hydrogen-bond donors (Lipinski definition) is 1. The number of nitrogens with zero attached hydrogens (tertiary/aromatic N) is 9. The molecule has 300 valence electrons. The molecule has 17 heteroatoms. The second-order valence-corrected chi connectivity index (χ2v) is 15.3. The molecule has 9 rings (SSSR count). The first-order chi connectivity index (χ1) is 28.0. The third-order valence-corrected chi connectivity index (χ3v) is 12.0. The fourth-order valence-corrected chi connectivity index (χ4v) is 8.87. The summed E-state index contributed by atoms with van der Waals surface area (Å²) in [7, 11) is 3.25. The monoisotopic (exact) mass is 792 g/mol. The Morgan fingerprint density at radius 2 is 1.79 bits per heavy atom. The van der Waals surface area contributed by atoms with Crippen LogP contribution in [0.5, 0.6) is 5.75 Å². The van der Waals surface area contributed by atoms with Gasteiger partial charge in [0.2, 0.25) is 17.7 Å². The molecular weight excluding hydrogens is 751 g/mol. The Balaban J connectivity index is 0.969. The Hall–Kier alpha value is -6.39. The van der Waals surface area contributed by atoms with Gasteiger partial charge in [-0.1, -0.05) is 0 Å². The second kappa shape index (κ2) is 14.5. The van der Waals surface area contributed by atoms with Gasteiger partial charge >= 0.3 is 0 Å². The van der Waals surface area contributed by atoms with Crippen molar-refractivity contribution in [3.63, 3.8) is 0 Å². The lowest BCUT2D eigenvalue weighted by molar-refractivity contribution is -0.137. The number of anilines is 3. The van der Waals surface area contributed by atoms with Crippen LogP contribution in [0, 0.1) is 0 Å². The summed E-state index contributed by atoms with van der Waals surface area (Å²) in [6.45, 7) is 4.19. The molecule has 0 spiro atoms. The summed E-state index contributed by atoms with van der Waals surface area (Å²) in [6.07, 6.45) is 6.36. The molecule has 4 aromatic heterocycles. The van der Waals surface area contributed by atoms with Crippen molar-refractivity contribution in [3.05, 3.63) is 83.1 Å². The Kier molecular flexibility index (Phi) is 9.32. The van der Waals surface area contributed by atoms with E-state index in [1.165, 1.54) is 19.4 Å². The third-order valence-electron chi connectivity index (χ3n) is 12.0. The molecular formula is C41H42F2N10O5. The SMILES string of the molecule is COc1cn2ccnc2cc1-c1cnc(N(C)c2nn(C3CCN(c4ccc5c(c4)CN(C4CCC(=O)NC4=O)C5=O)CC3)c3c2CN(C(C)=O)CC3)cc1C(F)F. The lowest BCUT2D eigenvalue weighted by Crippen LogP contribution is -2.52. The van der Waals surface area contributed by atoms with Gasteiger partial charge in [0.1, 0.15) is 23.3 Å². The lowest BCUT2D eigenvalue weighted by Gasteiger charge is -2.35. The molecule has 0 saturated carbocycles. The highest BCUT2D eigenvalue weighted by atomic mass is 19.3. The highest BCUT2D eigenvalue weighted by Crippen LogP contribution is 2.41. The summed E-state index contributed by atoms with van der Waals surface area (Å²) in [5.41, 5.74) is 5.35. The summed E-state index contributed by atoms with van der Waals surface area (Å²) >= 11 is 0. The number of rotatable bonds is 8. The minimum absolute atomic E-state index is 0.0482. The highest BCUT2D eigenvalue weighted by molar-refractivity contribution is 6.05. The Labute approximate surface area is 332 Å². The van der Waals surface area contributed by atoms with Crippen LogP contribution in [-0.2, 0) is 33.9 Å². The number of pyridine rings is 2. The van der Waals surface area contributed by atoms with Crippen molar-refractivity contribution in [1.29, 1.82) is 0 Å². The molecule has 0 aliphatic carbocycles. The highest BCUT2D eigenvalue weighted by Gasteiger charge is 2.40. The van der Waals surface area contributed by atoms with Crippen molar-refractivity contribution < 1.29 is 32.7 Å². The van der Waals surface area contributed by atoms with E-state index in [0.717, 1.165) is 48.4 Å². The van der Waals surface area contributed by atoms with Gasteiger partial charge in [0, 0.05) is 111 Å². The van der Waals surface area contributed by atoms with E-state index in [9.17, 15) is 28.0 Å². The summed E-state index contributed by atoms with van der Waals surface area (Å²) in [4.78, 5) is 66.4. The molecule has 0 radical (unpaired) electrons. The van der Waals surface area contributed by atoms with Gasteiger partial charge < -0.3 is 28.7 Å².